The zero-order chi connectivity index (χ0) is 21.9. The molecular formula is C19H33NO8. The third-order valence-electron chi connectivity index (χ3n) is 4.03. The van der Waals surface area contributed by atoms with Gasteiger partial charge >= 0.3 is 18.0 Å². The molecule has 0 aromatic heterocycles. The summed E-state index contributed by atoms with van der Waals surface area (Å²) in [5.74, 6) is -1.75. The highest BCUT2D eigenvalue weighted by Gasteiger charge is 2.52. The molecule has 9 heteroatoms. The maximum Gasteiger partial charge on any atom is 0.411 e. The Morgan fingerprint density at radius 3 is 2.04 bits per heavy atom. The number of ether oxygens (including phenoxy) is 3. The van der Waals surface area contributed by atoms with Crippen LogP contribution in [0.1, 0.15) is 54.9 Å². The number of aliphatic hydroxyl groups is 2. The van der Waals surface area contributed by atoms with Gasteiger partial charge in [-0.15, -0.1) is 0 Å². The average molecular weight is 403 g/mol. The lowest BCUT2D eigenvalue weighted by Crippen LogP contribution is -2.54. The topological polar surface area (TPSA) is 123 Å². The summed E-state index contributed by atoms with van der Waals surface area (Å²) in [4.78, 5) is 37.9. The zero-order valence-electron chi connectivity index (χ0n) is 17.7. The maximum atomic E-state index is 12.9. The Kier molecular flexibility index (Phi) is 7.84. The number of amides is 1. The van der Waals surface area contributed by atoms with Crippen molar-refractivity contribution >= 4 is 18.0 Å². The van der Waals surface area contributed by atoms with Gasteiger partial charge in [-0.2, -0.15) is 0 Å². The molecule has 0 saturated carbocycles. The van der Waals surface area contributed by atoms with Gasteiger partial charge in [0.2, 0.25) is 0 Å². The van der Waals surface area contributed by atoms with Gasteiger partial charge in [0.15, 0.2) is 0 Å². The molecule has 1 aliphatic heterocycles. The van der Waals surface area contributed by atoms with Gasteiger partial charge < -0.3 is 24.4 Å². The molecule has 1 saturated heterocycles. The van der Waals surface area contributed by atoms with Crippen LogP contribution in [-0.2, 0) is 23.8 Å². The average Bonchev–Trinajstić information content (AvgIpc) is 2.88. The Morgan fingerprint density at radius 1 is 1.07 bits per heavy atom. The fourth-order valence-electron chi connectivity index (χ4n) is 3.12. The highest BCUT2D eigenvalue weighted by Crippen LogP contribution is 2.35. The van der Waals surface area contributed by atoms with Crippen LogP contribution in [0.3, 0.4) is 0 Å². The van der Waals surface area contributed by atoms with Gasteiger partial charge in [0.05, 0.1) is 25.4 Å². The van der Waals surface area contributed by atoms with Crippen molar-refractivity contribution in [3.8, 4) is 0 Å². The molecule has 0 aromatic rings. The summed E-state index contributed by atoms with van der Waals surface area (Å²) >= 11 is 0. The third-order valence-corrected chi connectivity index (χ3v) is 4.03. The van der Waals surface area contributed by atoms with E-state index in [4.69, 9.17) is 14.2 Å². The Labute approximate surface area is 165 Å². The first-order valence-corrected chi connectivity index (χ1v) is 9.32. The number of aliphatic hydroxyl groups excluding tert-OH is 2. The standard InChI is InChI=1S/C19H33NO8/c1-11(22)26-10-12-8-13(16(24)27-18(2,3)4)20(15(12)14(23)9-21)17(25)28-19(5,6)7/h12-15,21,23H,8-10H2,1-7H3/t12-,13+,14?,15+/m0/s1. The molecule has 28 heavy (non-hydrogen) atoms. The summed E-state index contributed by atoms with van der Waals surface area (Å²) in [6.45, 7) is 10.6. The minimum absolute atomic E-state index is 0.100. The number of esters is 2. The summed E-state index contributed by atoms with van der Waals surface area (Å²) in [6, 6.07) is -2.02. The molecule has 1 fully saturated rings. The van der Waals surface area contributed by atoms with Crippen molar-refractivity contribution in [2.45, 2.75) is 84.3 Å². The first-order valence-electron chi connectivity index (χ1n) is 9.32. The first kappa shape index (κ1) is 24.2. The minimum Gasteiger partial charge on any atom is -0.465 e. The van der Waals surface area contributed by atoms with E-state index in [-0.39, 0.29) is 13.0 Å². The molecule has 0 aliphatic carbocycles. The van der Waals surface area contributed by atoms with Gasteiger partial charge in [0.25, 0.3) is 0 Å². The lowest BCUT2D eigenvalue weighted by atomic mass is 9.96. The van der Waals surface area contributed by atoms with Crippen molar-refractivity contribution in [1.29, 1.82) is 0 Å². The second kappa shape index (κ2) is 9.09. The minimum atomic E-state index is -1.35. The predicted octanol–water partition coefficient (Wildman–Crippen LogP) is 1.24. The largest absolute Gasteiger partial charge is 0.465 e. The van der Waals surface area contributed by atoms with Crippen molar-refractivity contribution in [2.24, 2.45) is 5.92 Å². The number of carbonyl (C=O) groups excluding carboxylic acids is 3. The van der Waals surface area contributed by atoms with Crippen LogP contribution in [0.5, 0.6) is 0 Å². The third kappa shape index (κ3) is 6.94. The fourth-order valence-corrected chi connectivity index (χ4v) is 3.12. The molecule has 1 amide bonds. The van der Waals surface area contributed by atoms with Crippen LogP contribution in [0.4, 0.5) is 4.79 Å². The molecule has 0 radical (unpaired) electrons. The molecular weight excluding hydrogens is 370 g/mol. The molecule has 162 valence electrons. The molecule has 4 atom stereocenters. The van der Waals surface area contributed by atoms with Crippen LogP contribution in [0.2, 0.25) is 0 Å². The lowest BCUT2D eigenvalue weighted by molar-refractivity contribution is -0.161. The van der Waals surface area contributed by atoms with Crippen molar-refractivity contribution in [1.82, 2.24) is 4.90 Å². The van der Waals surface area contributed by atoms with Crippen molar-refractivity contribution in [2.75, 3.05) is 13.2 Å². The van der Waals surface area contributed by atoms with Crippen LogP contribution in [0.15, 0.2) is 0 Å². The highest BCUT2D eigenvalue weighted by atomic mass is 16.6. The fraction of sp³-hybridized carbons (Fsp3) is 0.842. The summed E-state index contributed by atoms with van der Waals surface area (Å²) in [6.07, 6.45) is -2.06. The smallest absolute Gasteiger partial charge is 0.411 e. The van der Waals surface area contributed by atoms with E-state index >= 15 is 0 Å². The summed E-state index contributed by atoms with van der Waals surface area (Å²) in [5.41, 5.74) is -1.62. The summed E-state index contributed by atoms with van der Waals surface area (Å²) < 4.78 is 15.9. The second-order valence-electron chi connectivity index (χ2n) is 8.98. The van der Waals surface area contributed by atoms with Gasteiger partial charge in [0, 0.05) is 12.8 Å². The molecule has 1 rings (SSSR count). The van der Waals surface area contributed by atoms with Crippen molar-refractivity contribution < 1.29 is 38.8 Å². The van der Waals surface area contributed by atoms with E-state index in [2.05, 4.69) is 0 Å². The molecule has 1 aliphatic rings. The van der Waals surface area contributed by atoms with Gasteiger partial charge in [0.1, 0.15) is 17.2 Å². The van der Waals surface area contributed by atoms with E-state index in [9.17, 15) is 24.6 Å². The number of nitrogens with zero attached hydrogens (tertiary/aromatic N) is 1. The van der Waals surface area contributed by atoms with E-state index in [0.29, 0.717) is 0 Å². The number of carbonyl (C=O) groups is 3. The van der Waals surface area contributed by atoms with Crippen LogP contribution < -0.4 is 0 Å². The quantitative estimate of drug-likeness (QED) is 0.519. The molecule has 9 nitrogen and oxygen atoms in total. The zero-order valence-corrected chi connectivity index (χ0v) is 17.7. The Balaban J connectivity index is 3.26. The van der Waals surface area contributed by atoms with Crippen molar-refractivity contribution in [3.05, 3.63) is 0 Å². The van der Waals surface area contributed by atoms with Crippen LogP contribution in [-0.4, -0.2) is 75.7 Å². The van der Waals surface area contributed by atoms with Crippen LogP contribution in [0.25, 0.3) is 0 Å². The van der Waals surface area contributed by atoms with E-state index in [1.54, 1.807) is 41.5 Å². The van der Waals surface area contributed by atoms with Crippen LogP contribution >= 0.6 is 0 Å². The van der Waals surface area contributed by atoms with Gasteiger partial charge in [-0.1, -0.05) is 0 Å². The summed E-state index contributed by atoms with van der Waals surface area (Å²) in [5, 5.41) is 19.8. The van der Waals surface area contributed by atoms with E-state index < -0.39 is 59.9 Å². The predicted molar refractivity (Wildman–Crippen MR) is 99.3 cm³/mol. The number of rotatable bonds is 5. The molecule has 1 unspecified atom stereocenters. The van der Waals surface area contributed by atoms with Crippen molar-refractivity contribution in [3.63, 3.8) is 0 Å². The Hall–Kier alpha value is -1.87. The molecule has 2 N–H and O–H groups in total. The number of likely N-dealkylation sites (tertiary alicyclic amines) is 1. The van der Waals surface area contributed by atoms with E-state index in [1.807, 2.05) is 0 Å². The highest BCUT2D eigenvalue weighted by molar-refractivity contribution is 5.83. The Morgan fingerprint density at radius 2 is 1.61 bits per heavy atom. The SMILES string of the molecule is CC(=O)OC[C@@H]1C[C@H](C(=O)OC(C)(C)C)N(C(=O)OC(C)(C)C)[C@H]1C(O)CO. The monoisotopic (exact) mass is 403 g/mol. The first-order chi connectivity index (χ1) is 12.7. The van der Waals surface area contributed by atoms with Gasteiger partial charge in [-0.3, -0.25) is 9.69 Å². The lowest BCUT2D eigenvalue weighted by Gasteiger charge is -2.35. The molecule has 0 spiro atoms. The number of hydrogen-bond donors (Lipinski definition) is 2. The molecule has 0 bridgehead atoms. The Bertz CT molecular complexity index is 577. The molecule has 0 aromatic carbocycles. The van der Waals surface area contributed by atoms with Gasteiger partial charge in [-0.25, -0.2) is 9.59 Å². The second-order valence-corrected chi connectivity index (χ2v) is 8.98. The number of hydrogen-bond acceptors (Lipinski definition) is 8. The normalized spacial score (nSPS) is 23.9. The van der Waals surface area contributed by atoms with E-state index in [1.165, 1.54) is 6.92 Å². The summed E-state index contributed by atoms with van der Waals surface area (Å²) in [7, 11) is 0. The van der Waals surface area contributed by atoms with E-state index in [0.717, 1.165) is 4.90 Å². The van der Waals surface area contributed by atoms with Crippen LogP contribution in [0, 0.1) is 5.92 Å². The van der Waals surface area contributed by atoms with Gasteiger partial charge in [-0.05, 0) is 48.0 Å². The molecule has 1 heterocycles. The maximum absolute atomic E-state index is 12.9.